The van der Waals surface area contributed by atoms with Crippen LogP contribution in [0.5, 0.6) is 0 Å². The Morgan fingerprint density at radius 1 is 1.48 bits per heavy atom. The number of amides is 1. The van der Waals surface area contributed by atoms with Crippen LogP contribution in [0.2, 0.25) is 9.36 Å². The number of rotatable bonds is 3. The van der Waals surface area contributed by atoms with Gasteiger partial charge in [-0.05, 0) is 19.1 Å². The molecule has 0 spiro atoms. The summed E-state index contributed by atoms with van der Waals surface area (Å²) in [7, 11) is 0. The summed E-state index contributed by atoms with van der Waals surface area (Å²) in [5, 5.41) is 11.5. The molecule has 1 N–H and O–H groups in total. The van der Waals surface area contributed by atoms with Gasteiger partial charge in [0.15, 0.2) is 0 Å². The number of anilines is 1. The first-order valence-electron chi connectivity index (χ1n) is 5.87. The Balaban J connectivity index is 2.29. The van der Waals surface area contributed by atoms with E-state index in [0.717, 1.165) is 11.3 Å². The second kappa shape index (κ2) is 6.31. The third-order valence-electron chi connectivity index (χ3n) is 2.67. The van der Waals surface area contributed by atoms with Crippen LogP contribution in [-0.2, 0) is 6.54 Å². The molecular formula is C13H9Cl2N3O2S. The largest absolute Gasteiger partial charge is 0.320 e. The highest BCUT2D eigenvalue weighted by molar-refractivity contribution is 7.18. The quantitative estimate of drug-likeness (QED) is 0.929. The second-order valence-electron chi connectivity index (χ2n) is 4.03. The van der Waals surface area contributed by atoms with Crippen LogP contribution in [0.25, 0.3) is 0 Å². The van der Waals surface area contributed by atoms with Gasteiger partial charge in [-0.2, -0.15) is 5.26 Å². The molecule has 2 rings (SSSR count). The van der Waals surface area contributed by atoms with Crippen LogP contribution < -0.4 is 10.9 Å². The van der Waals surface area contributed by atoms with E-state index in [1.54, 1.807) is 6.92 Å². The molecule has 2 aromatic heterocycles. The van der Waals surface area contributed by atoms with Gasteiger partial charge in [0.05, 0.1) is 16.1 Å². The van der Waals surface area contributed by atoms with Crippen molar-refractivity contribution in [2.45, 2.75) is 13.5 Å². The van der Waals surface area contributed by atoms with Gasteiger partial charge in [0.2, 0.25) is 0 Å². The van der Waals surface area contributed by atoms with E-state index in [0.29, 0.717) is 17.1 Å². The molecule has 21 heavy (non-hydrogen) atoms. The smallest absolute Gasteiger partial charge is 0.269 e. The van der Waals surface area contributed by atoms with Crippen molar-refractivity contribution in [3.8, 4) is 6.07 Å². The molecule has 0 unspecified atom stereocenters. The maximum atomic E-state index is 12.1. The number of carbonyl (C=O) groups excluding carboxylic acids is 1. The summed E-state index contributed by atoms with van der Waals surface area (Å²) in [4.78, 5) is 24.1. The van der Waals surface area contributed by atoms with Crippen molar-refractivity contribution >= 4 is 46.1 Å². The SMILES string of the molecule is CCn1cc(NC(=O)c2cc(C#N)c(Cl)s2)cc(Cl)c1=O. The molecule has 0 saturated carbocycles. The molecule has 2 heterocycles. The fourth-order valence-corrected chi connectivity index (χ4v) is 2.95. The first-order chi connectivity index (χ1) is 9.96. The lowest BCUT2D eigenvalue weighted by Gasteiger charge is -2.08. The van der Waals surface area contributed by atoms with Crippen LogP contribution in [0.3, 0.4) is 0 Å². The maximum absolute atomic E-state index is 12.1. The fraction of sp³-hybridized carbons (Fsp3) is 0.154. The summed E-state index contributed by atoms with van der Waals surface area (Å²) in [5.74, 6) is -0.416. The van der Waals surface area contributed by atoms with Crippen molar-refractivity contribution in [3.63, 3.8) is 0 Å². The number of nitrogens with one attached hydrogen (secondary N) is 1. The van der Waals surface area contributed by atoms with Crippen molar-refractivity contribution in [2.24, 2.45) is 0 Å². The molecule has 0 bridgehead atoms. The van der Waals surface area contributed by atoms with Gasteiger partial charge < -0.3 is 9.88 Å². The normalized spacial score (nSPS) is 10.2. The molecule has 2 aromatic rings. The Labute approximate surface area is 134 Å². The van der Waals surface area contributed by atoms with Gasteiger partial charge in [0, 0.05) is 12.7 Å². The van der Waals surface area contributed by atoms with Gasteiger partial charge >= 0.3 is 0 Å². The number of pyridine rings is 1. The summed E-state index contributed by atoms with van der Waals surface area (Å²) < 4.78 is 1.65. The van der Waals surface area contributed by atoms with Gasteiger partial charge in [-0.3, -0.25) is 9.59 Å². The topological polar surface area (TPSA) is 74.9 Å². The number of halogens is 2. The van der Waals surface area contributed by atoms with Crippen LogP contribution >= 0.6 is 34.5 Å². The van der Waals surface area contributed by atoms with Crippen LogP contribution in [0.15, 0.2) is 23.1 Å². The molecule has 108 valence electrons. The molecule has 0 fully saturated rings. The van der Waals surface area contributed by atoms with Crippen molar-refractivity contribution in [1.82, 2.24) is 4.57 Å². The number of thiophene rings is 1. The van der Waals surface area contributed by atoms with Gasteiger partial charge in [-0.15, -0.1) is 11.3 Å². The predicted molar refractivity (Wildman–Crippen MR) is 83.4 cm³/mol. The minimum atomic E-state index is -0.416. The zero-order valence-corrected chi connectivity index (χ0v) is 13.1. The molecule has 0 aliphatic carbocycles. The number of nitriles is 1. The Bertz CT molecular complexity index is 805. The third-order valence-corrected chi connectivity index (χ3v) is 4.30. The lowest BCUT2D eigenvalue weighted by Crippen LogP contribution is -2.21. The molecule has 0 aliphatic rings. The fourth-order valence-electron chi connectivity index (χ4n) is 1.65. The Morgan fingerprint density at radius 3 is 2.76 bits per heavy atom. The number of hydrogen-bond donors (Lipinski definition) is 1. The molecule has 0 aromatic carbocycles. The molecular weight excluding hydrogens is 333 g/mol. The third kappa shape index (κ3) is 3.27. The Kier molecular flexibility index (Phi) is 4.68. The molecule has 1 amide bonds. The van der Waals surface area contributed by atoms with Gasteiger partial charge in [0.25, 0.3) is 11.5 Å². The van der Waals surface area contributed by atoms with Gasteiger partial charge in [0.1, 0.15) is 15.4 Å². The summed E-state index contributed by atoms with van der Waals surface area (Å²) in [5.41, 5.74) is 0.334. The van der Waals surface area contributed by atoms with Crippen LogP contribution in [0, 0.1) is 11.3 Å². The van der Waals surface area contributed by atoms with Gasteiger partial charge in [-0.1, -0.05) is 23.2 Å². The minimum absolute atomic E-state index is 0.0246. The summed E-state index contributed by atoms with van der Waals surface area (Å²) in [6.07, 6.45) is 1.51. The van der Waals surface area contributed by atoms with E-state index in [2.05, 4.69) is 5.32 Å². The van der Waals surface area contributed by atoms with E-state index in [1.807, 2.05) is 6.07 Å². The zero-order chi connectivity index (χ0) is 15.6. The van der Waals surface area contributed by atoms with E-state index < -0.39 is 5.91 Å². The highest BCUT2D eigenvalue weighted by Crippen LogP contribution is 2.27. The predicted octanol–water partition coefficient (Wildman–Crippen LogP) is 3.36. The number of nitrogens with zero attached hydrogens (tertiary/aromatic N) is 2. The molecule has 0 atom stereocenters. The van der Waals surface area contributed by atoms with E-state index >= 15 is 0 Å². The standard InChI is InChI=1S/C13H9Cl2N3O2S/c1-2-18-6-8(4-9(14)13(18)20)17-12(19)10-3-7(5-16)11(15)21-10/h3-4,6H,2H2,1H3,(H,17,19). The lowest BCUT2D eigenvalue weighted by atomic mass is 10.3. The summed E-state index contributed by atoms with van der Waals surface area (Å²) in [6, 6.07) is 4.70. The molecule has 5 nitrogen and oxygen atoms in total. The highest BCUT2D eigenvalue weighted by atomic mass is 35.5. The highest BCUT2D eigenvalue weighted by Gasteiger charge is 2.14. The monoisotopic (exact) mass is 341 g/mol. The lowest BCUT2D eigenvalue weighted by molar-refractivity contribution is 0.103. The first kappa shape index (κ1) is 15.6. The van der Waals surface area contributed by atoms with Crippen LogP contribution in [-0.4, -0.2) is 10.5 Å². The number of hydrogen-bond acceptors (Lipinski definition) is 4. The van der Waals surface area contributed by atoms with Crippen LogP contribution in [0.1, 0.15) is 22.2 Å². The average molecular weight is 342 g/mol. The van der Waals surface area contributed by atoms with E-state index in [9.17, 15) is 9.59 Å². The second-order valence-corrected chi connectivity index (χ2v) is 6.09. The number of aromatic nitrogens is 1. The maximum Gasteiger partial charge on any atom is 0.269 e. The van der Waals surface area contributed by atoms with Crippen molar-refractivity contribution < 1.29 is 4.79 Å². The Hall–Kier alpha value is -1.81. The number of carbonyl (C=O) groups is 1. The first-order valence-corrected chi connectivity index (χ1v) is 7.44. The summed E-state index contributed by atoms with van der Waals surface area (Å²) in [6.45, 7) is 2.23. The van der Waals surface area contributed by atoms with Crippen LogP contribution in [0.4, 0.5) is 5.69 Å². The Morgan fingerprint density at radius 2 is 2.19 bits per heavy atom. The number of aryl methyl sites for hydroxylation is 1. The van der Waals surface area contributed by atoms with Crippen molar-refractivity contribution in [3.05, 3.63) is 48.5 Å². The molecule has 0 saturated heterocycles. The summed E-state index contributed by atoms with van der Waals surface area (Å²) >= 11 is 12.7. The molecule has 0 radical (unpaired) electrons. The van der Waals surface area contributed by atoms with E-state index in [-0.39, 0.29) is 20.5 Å². The minimum Gasteiger partial charge on any atom is -0.320 e. The molecule has 0 aliphatic heterocycles. The van der Waals surface area contributed by atoms with E-state index in [4.69, 9.17) is 28.5 Å². The average Bonchev–Trinajstić information content (AvgIpc) is 2.83. The van der Waals surface area contributed by atoms with Crippen molar-refractivity contribution in [2.75, 3.05) is 5.32 Å². The zero-order valence-electron chi connectivity index (χ0n) is 10.8. The molecule has 8 heteroatoms. The van der Waals surface area contributed by atoms with Gasteiger partial charge in [-0.25, -0.2) is 0 Å². The van der Waals surface area contributed by atoms with E-state index in [1.165, 1.54) is 22.9 Å². The van der Waals surface area contributed by atoms with Crippen molar-refractivity contribution in [1.29, 1.82) is 5.26 Å².